The maximum Gasteiger partial charge on any atom is 0.410 e. The summed E-state index contributed by atoms with van der Waals surface area (Å²) in [6.45, 7) is 15.5. The van der Waals surface area contributed by atoms with Crippen LogP contribution in [0.1, 0.15) is 82.0 Å². The number of hydrogen-bond acceptors (Lipinski definition) is 8. The number of aryl methyl sites for hydroxylation is 1. The molecule has 0 saturated carbocycles. The van der Waals surface area contributed by atoms with E-state index in [1.54, 1.807) is 11.1 Å². The fourth-order valence-corrected chi connectivity index (χ4v) is 4.79. The minimum absolute atomic E-state index is 0.0303. The molecule has 1 saturated heterocycles. The maximum atomic E-state index is 12.7. The molecule has 220 valence electrons. The van der Waals surface area contributed by atoms with Gasteiger partial charge in [0.05, 0.1) is 17.9 Å². The molecule has 1 aromatic carbocycles. The molecule has 0 spiro atoms. The van der Waals surface area contributed by atoms with Crippen LogP contribution in [-0.2, 0) is 16.7 Å². The van der Waals surface area contributed by atoms with Crippen molar-refractivity contribution < 1.29 is 18.8 Å². The van der Waals surface area contributed by atoms with E-state index in [0.29, 0.717) is 19.0 Å². The smallest absolute Gasteiger partial charge is 0.410 e. The summed E-state index contributed by atoms with van der Waals surface area (Å²) in [5.41, 5.74) is 4.34. The molecule has 1 fully saturated rings. The van der Waals surface area contributed by atoms with Crippen LogP contribution in [-0.4, -0.2) is 63.8 Å². The lowest BCUT2D eigenvalue weighted by molar-refractivity contribution is 0.0209. The van der Waals surface area contributed by atoms with E-state index in [2.05, 4.69) is 37.5 Å². The summed E-state index contributed by atoms with van der Waals surface area (Å²) in [7, 11) is 1.81. The number of nitrogens with one attached hydrogen (secondary N) is 1. The topological polar surface area (TPSA) is 114 Å². The van der Waals surface area contributed by atoms with E-state index in [9.17, 15) is 9.59 Å². The van der Waals surface area contributed by atoms with Crippen LogP contribution in [0.2, 0.25) is 0 Å². The number of benzene rings is 1. The highest BCUT2D eigenvalue weighted by atomic mass is 16.6. The van der Waals surface area contributed by atoms with Gasteiger partial charge in [-0.15, -0.1) is 0 Å². The van der Waals surface area contributed by atoms with Gasteiger partial charge in [0.1, 0.15) is 5.60 Å². The minimum atomic E-state index is -0.536. The molecule has 10 nitrogen and oxygen atoms in total. The Labute approximate surface area is 242 Å². The highest BCUT2D eigenvalue weighted by molar-refractivity contribution is 5.90. The van der Waals surface area contributed by atoms with Crippen molar-refractivity contribution in [2.45, 2.75) is 84.9 Å². The van der Waals surface area contributed by atoms with Gasteiger partial charge in [0.2, 0.25) is 5.89 Å². The van der Waals surface area contributed by atoms with Gasteiger partial charge < -0.3 is 24.4 Å². The van der Waals surface area contributed by atoms with Crippen LogP contribution in [0.25, 0.3) is 11.1 Å². The lowest BCUT2D eigenvalue weighted by Crippen LogP contribution is -2.50. The molecule has 2 amide bonds. The second kappa shape index (κ2) is 11.9. The number of rotatable bonds is 6. The second-order valence-electron chi connectivity index (χ2n) is 12.7. The number of pyridine rings is 1. The third-order valence-corrected chi connectivity index (χ3v) is 7.13. The Balaban J connectivity index is 1.46. The Hall–Kier alpha value is -3.95. The van der Waals surface area contributed by atoms with Crippen molar-refractivity contribution in [2.24, 2.45) is 0 Å². The highest BCUT2D eigenvalue weighted by Crippen LogP contribution is 2.33. The number of anilines is 1. The van der Waals surface area contributed by atoms with E-state index in [1.165, 1.54) is 0 Å². The summed E-state index contributed by atoms with van der Waals surface area (Å²) >= 11 is 0. The third-order valence-electron chi connectivity index (χ3n) is 7.13. The number of carbonyl (C=O) groups is 2. The van der Waals surface area contributed by atoms with Gasteiger partial charge in [-0.05, 0) is 63.3 Å². The molecule has 4 rings (SSSR count). The Morgan fingerprint density at radius 1 is 1.17 bits per heavy atom. The number of ether oxygens (including phenoxy) is 1. The summed E-state index contributed by atoms with van der Waals surface area (Å²) < 4.78 is 10.8. The monoisotopic (exact) mass is 562 g/mol. The molecule has 3 aromatic rings. The number of piperidine rings is 1. The predicted molar refractivity (Wildman–Crippen MR) is 158 cm³/mol. The van der Waals surface area contributed by atoms with Crippen molar-refractivity contribution in [1.29, 1.82) is 0 Å². The zero-order valence-corrected chi connectivity index (χ0v) is 25.4. The zero-order chi connectivity index (χ0) is 29.9. The Bertz CT molecular complexity index is 1390. The van der Waals surface area contributed by atoms with Crippen molar-refractivity contribution in [3.63, 3.8) is 0 Å². The van der Waals surface area contributed by atoms with Gasteiger partial charge in [-0.3, -0.25) is 9.78 Å². The summed E-state index contributed by atoms with van der Waals surface area (Å²) in [5, 5.41) is 6.73. The Kier molecular flexibility index (Phi) is 8.70. The van der Waals surface area contributed by atoms with Crippen molar-refractivity contribution in [3.05, 3.63) is 59.5 Å². The van der Waals surface area contributed by atoms with Crippen LogP contribution in [0, 0.1) is 6.92 Å². The van der Waals surface area contributed by atoms with E-state index in [-0.39, 0.29) is 29.3 Å². The van der Waals surface area contributed by atoms with Crippen LogP contribution >= 0.6 is 0 Å². The maximum absolute atomic E-state index is 12.7. The molecule has 41 heavy (non-hydrogen) atoms. The molecule has 1 N–H and O–H groups in total. The lowest BCUT2D eigenvalue weighted by Gasteiger charge is -2.39. The SMILES string of the molecule is Cc1cc(-c2ccncc2N2CCCC(N(C)C(=O)OC(C)(C)C)C2)ccc1CNC(=O)c1noc(C(C)(C)C)n1. The number of amides is 2. The van der Waals surface area contributed by atoms with E-state index in [0.717, 1.165) is 47.3 Å². The first-order valence-corrected chi connectivity index (χ1v) is 14.1. The fraction of sp³-hybridized carbons (Fsp3) is 0.516. The Morgan fingerprint density at radius 2 is 1.93 bits per heavy atom. The molecule has 0 bridgehead atoms. The van der Waals surface area contributed by atoms with Gasteiger partial charge in [-0.1, -0.05) is 44.1 Å². The van der Waals surface area contributed by atoms with Gasteiger partial charge in [0.25, 0.3) is 11.7 Å². The molecule has 1 unspecified atom stereocenters. The Morgan fingerprint density at radius 3 is 2.59 bits per heavy atom. The molecule has 0 aliphatic carbocycles. The molecule has 1 atom stereocenters. The highest BCUT2D eigenvalue weighted by Gasteiger charge is 2.30. The van der Waals surface area contributed by atoms with E-state index in [1.807, 2.05) is 73.8 Å². The molecule has 10 heteroatoms. The van der Waals surface area contributed by atoms with E-state index < -0.39 is 5.60 Å². The normalized spacial score (nSPS) is 15.9. The van der Waals surface area contributed by atoms with Crippen LogP contribution < -0.4 is 10.2 Å². The average Bonchev–Trinajstić information content (AvgIpc) is 3.42. The van der Waals surface area contributed by atoms with E-state index >= 15 is 0 Å². The van der Waals surface area contributed by atoms with Gasteiger partial charge in [0, 0.05) is 43.9 Å². The van der Waals surface area contributed by atoms with E-state index in [4.69, 9.17) is 9.26 Å². The van der Waals surface area contributed by atoms with Crippen molar-refractivity contribution in [1.82, 2.24) is 25.3 Å². The van der Waals surface area contributed by atoms with Gasteiger partial charge in [-0.25, -0.2) is 4.79 Å². The largest absolute Gasteiger partial charge is 0.444 e. The number of likely N-dealkylation sites (N-methyl/N-ethyl adjacent to an activating group) is 1. The minimum Gasteiger partial charge on any atom is -0.444 e. The molecule has 0 radical (unpaired) electrons. The van der Waals surface area contributed by atoms with Crippen molar-refractivity contribution >= 4 is 17.7 Å². The van der Waals surface area contributed by atoms with Gasteiger partial charge in [-0.2, -0.15) is 4.98 Å². The lowest BCUT2D eigenvalue weighted by atomic mass is 9.97. The first kappa shape index (κ1) is 30.0. The van der Waals surface area contributed by atoms with Crippen LogP contribution in [0.4, 0.5) is 10.5 Å². The first-order valence-electron chi connectivity index (χ1n) is 14.1. The standard InChI is InChI=1S/C31H42N6O4/c1-20-16-21(11-12-22(20)17-33-27(38)26-34-28(41-35-26)30(2,3)4)24-13-14-32-18-25(24)37-15-9-10-23(19-37)36(8)29(39)40-31(5,6)7/h11-14,16,18,23H,9-10,15,17,19H2,1-8H3,(H,33,38). The molecule has 2 aromatic heterocycles. The zero-order valence-electron chi connectivity index (χ0n) is 25.4. The number of carbonyl (C=O) groups excluding carboxylic acids is 2. The van der Waals surface area contributed by atoms with Gasteiger partial charge in [0.15, 0.2) is 0 Å². The third kappa shape index (κ3) is 7.42. The van der Waals surface area contributed by atoms with Crippen LogP contribution in [0.3, 0.4) is 0 Å². The average molecular weight is 563 g/mol. The molecule has 3 heterocycles. The number of nitrogens with zero attached hydrogens (tertiary/aromatic N) is 5. The fourth-order valence-electron chi connectivity index (χ4n) is 4.79. The molecular weight excluding hydrogens is 520 g/mol. The van der Waals surface area contributed by atoms with Crippen LogP contribution in [0.15, 0.2) is 41.2 Å². The predicted octanol–water partition coefficient (Wildman–Crippen LogP) is 5.50. The van der Waals surface area contributed by atoms with Crippen molar-refractivity contribution in [3.8, 4) is 11.1 Å². The number of hydrogen-bond donors (Lipinski definition) is 1. The quantitative estimate of drug-likeness (QED) is 0.419. The first-order chi connectivity index (χ1) is 19.2. The van der Waals surface area contributed by atoms with Crippen molar-refractivity contribution in [2.75, 3.05) is 25.0 Å². The molecule has 1 aliphatic rings. The molecular formula is C31H42N6O4. The summed E-state index contributed by atoms with van der Waals surface area (Å²) in [6, 6.07) is 8.28. The second-order valence-corrected chi connectivity index (χ2v) is 12.7. The molecule has 1 aliphatic heterocycles. The number of aromatic nitrogens is 3. The summed E-state index contributed by atoms with van der Waals surface area (Å²) in [4.78, 5) is 38.0. The van der Waals surface area contributed by atoms with Gasteiger partial charge >= 0.3 is 6.09 Å². The summed E-state index contributed by atoms with van der Waals surface area (Å²) in [6.07, 6.45) is 5.27. The summed E-state index contributed by atoms with van der Waals surface area (Å²) in [5.74, 6) is 0.0794. The van der Waals surface area contributed by atoms with Crippen LogP contribution in [0.5, 0.6) is 0 Å².